The number of hydrazone groups is 1. The molecular weight excluding hydrogens is 296 g/mol. The van der Waals surface area contributed by atoms with Crippen molar-refractivity contribution in [2.24, 2.45) is 11.0 Å². The molecule has 1 N–H and O–H groups in total. The maximum atomic E-state index is 12.4. The predicted octanol–water partition coefficient (Wildman–Crippen LogP) is 3.01. The molecule has 0 aliphatic heterocycles. The summed E-state index contributed by atoms with van der Waals surface area (Å²) in [6.07, 6.45) is 4.42. The minimum absolute atomic E-state index is 0.297. The molecule has 0 bridgehead atoms. The Bertz CT molecular complexity index is 573. The van der Waals surface area contributed by atoms with Gasteiger partial charge in [0.05, 0.1) is 21.3 Å². The molecule has 0 unspecified atom stereocenters. The Morgan fingerprint density at radius 3 is 2.30 bits per heavy atom. The fraction of sp³-hybridized carbons (Fsp3) is 0.529. The van der Waals surface area contributed by atoms with Crippen LogP contribution in [-0.2, 0) is 0 Å². The molecule has 0 radical (unpaired) electrons. The van der Waals surface area contributed by atoms with Crippen LogP contribution in [0.2, 0.25) is 0 Å². The monoisotopic (exact) mass is 320 g/mol. The number of hydrogen-bond acceptors (Lipinski definition) is 5. The first-order valence-corrected chi connectivity index (χ1v) is 7.77. The molecule has 0 aromatic heterocycles. The molecule has 0 spiro atoms. The highest BCUT2D eigenvalue weighted by atomic mass is 16.5. The molecule has 1 amide bonds. The van der Waals surface area contributed by atoms with Gasteiger partial charge in [-0.3, -0.25) is 4.79 Å². The van der Waals surface area contributed by atoms with Crippen molar-refractivity contribution >= 4 is 11.6 Å². The molecule has 1 fully saturated rings. The van der Waals surface area contributed by atoms with Crippen molar-refractivity contribution in [2.45, 2.75) is 32.6 Å². The third-order valence-corrected chi connectivity index (χ3v) is 4.12. The summed E-state index contributed by atoms with van der Waals surface area (Å²) in [5.74, 6) is 1.46. The summed E-state index contributed by atoms with van der Waals surface area (Å²) in [7, 11) is 4.56. The van der Waals surface area contributed by atoms with E-state index in [1.54, 1.807) is 12.1 Å². The lowest BCUT2D eigenvalue weighted by Gasteiger charge is -2.20. The number of carbonyl (C=O) groups excluding carboxylic acids is 1. The highest BCUT2D eigenvalue weighted by Gasteiger charge is 2.19. The van der Waals surface area contributed by atoms with E-state index >= 15 is 0 Å². The van der Waals surface area contributed by atoms with Gasteiger partial charge >= 0.3 is 0 Å². The number of nitrogens with zero attached hydrogens (tertiary/aromatic N) is 1. The average Bonchev–Trinajstić information content (AvgIpc) is 2.59. The lowest BCUT2D eigenvalue weighted by Crippen LogP contribution is -2.24. The van der Waals surface area contributed by atoms with E-state index in [1.165, 1.54) is 27.8 Å². The largest absolute Gasteiger partial charge is 0.493 e. The quantitative estimate of drug-likeness (QED) is 0.847. The fourth-order valence-corrected chi connectivity index (χ4v) is 2.74. The topological polar surface area (TPSA) is 69.2 Å². The number of methoxy groups -OCH3 is 3. The van der Waals surface area contributed by atoms with Gasteiger partial charge < -0.3 is 14.2 Å². The van der Waals surface area contributed by atoms with Gasteiger partial charge in [0.2, 0.25) is 5.75 Å². The Labute approximate surface area is 136 Å². The van der Waals surface area contributed by atoms with Crippen LogP contribution in [0.5, 0.6) is 17.2 Å². The maximum Gasteiger partial charge on any atom is 0.271 e. The zero-order valence-electron chi connectivity index (χ0n) is 14.1. The van der Waals surface area contributed by atoms with Crippen molar-refractivity contribution in [1.82, 2.24) is 5.43 Å². The smallest absolute Gasteiger partial charge is 0.271 e. The van der Waals surface area contributed by atoms with Gasteiger partial charge in [0.25, 0.3) is 5.91 Å². The highest BCUT2D eigenvalue weighted by molar-refractivity contribution is 5.97. The second kappa shape index (κ2) is 7.85. The second-order valence-electron chi connectivity index (χ2n) is 5.60. The van der Waals surface area contributed by atoms with Crippen LogP contribution in [-0.4, -0.2) is 32.9 Å². The number of benzene rings is 1. The van der Waals surface area contributed by atoms with Crippen LogP contribution < -0.4 is 19.6 Å². The molecule has 6 nitrogen and oxygen atoms in total. The number of amides is 1. The Kier molecular flexibility index (Phi) is 5.84. The SMILES string of the molecule is COc1cc(C(=O)N/N=C2/CCCC[C@H]2C)cc(OC)c1OC. The zero-order valence-corrected chi connectivity index (χ0v) is 14.1. The van der Waals surface area contributed by atoms with E-state index in [1.807, 2.05) is 0 Å². The maximum absolute atomic E-state index is 12.4. The van der Waals surface area contributed by atoms with Crippen molar-refractivity contribution in [3.05, 3.63) is 17.7 Å². The molecule has 0 heterocycles. The van der Waals surface area contributed by atoms with E-state index in [2.05, 4.69) is 17.5 Å². The van der Waals surface area contributed by atoms with Gasteiger partial charge in [-0.25, -0.2) is 5.43 Å². The van der Waals surface area contributed by atoms with E-state index < -0.39 is 0 Å². The van der Waals surface area contributed by atoms with E-state index in [9.17, 15) is 4.79 Å². The van der Waals surface area contributed by atoms with Crippen LogP contribution >= 0.6 is 0 Å². The summed E-state index contributed by atoms with van der Waals surface area (Å²) in [5.41, 5.74) is 4.10. The Morgan fingerprint density at radius 1 is 1.13 bits per heavy atom. The molecule has 1 aliphatic carbocycles. The molecule has 1 aromatic carbocycles. The first-order valence-electron chi connectivity index (χ1n) is 7.77. The van der Waals surface area contributed by atoms with Crippen molar-refractivity contribution in [3.63, 3.8) is 0 Å². The van der Waals surface area contributed by atoms with Gasteiger partial charge in [0.15, 0.2) is 11.5 Å². The second-order valence-corrected chi connectivity index (χ2v) is 5.60. The van der Waals surface area contributed by atoms with Crippen LogP contribution in [0.25, 0.3) is 0 Å². The first kappa shape index (κ1) is 17.1. The zero-order chi connectivity index (χ0) is 16.8. The summed E-state index contributed by atoms with van der Waals surface area (Å²) in [6, 6.07) is 3.22. The molecule has 6 heteroatoms. The van der Waals surface area contributed by atoms with E-state index in [4.69, 9.17) is 14.2 Å². The first-order chi connectivity index (χ1) is 11.1. The molecule has 2 rings (SSSR count). The van der Waals surface area contributed by atoms with Gasteiger partial charge in [-0.15, -0.1) is 0 Å². The minimum atomic E-state index is -0.297. The predicted molar refractivity (Wildman–Crippen MR) is 88.6 cm³/mol. The lowest BCUT2D eigenvalue weighted by molar-refractivity contribution is 0.0953. The molecule has 1 aliphatic rings. The van der Waals surface area contributed by atoms with Crippen LogP contribution in [0.4, 0.5) is 0 Å². The van der Waals surface area contributed by atoms with Crippen molar-refractivity contribution in [2.75, 3.05) is 21.3 Å². The van der Waals surface area contributed by atoms with Crippen molar-refractivity contribution in [3.8, 4) is 17.2 Å². The standard InChI is InChI=1S/C17H24N2O4/c1-11-7-5-6-8-13(11)18-19-17(20)12-9-14(21-2)16(23-4)15(10-12)22-3/h9-11H,5-8H2,1-4H3,(H,19,20)/b18-13-/t11-/m1/s1. The van der Waals surface area contributed by atoms with E-state index in [0.29, 0.717) is 28.7 Å². The number of nitrogens with one attached hydrogen (secondary N) is 1. The Hall–Kier alpha value is -2.24. The number of rotatable bonds is 5. The highest BCUT2D eigenvalue weighted by Crippen LogP contribution is 2.38. The lowest BCUT2D eigenvalue weighted by atomic mass is 9.89. The van der Waals surface area contributed by atoms with Gasteiger partial charge in [-0.1, -0.05) is 13.3 Å². The Morgan fingerprint density at radius 2 is 1.78 bits per heavy atom. The molecule has 126 valence electrons. The number of carbonyl (C=O) groups is 1. The van der Waals surface area contributed by atoms with Gasteiger partial charge in [0, 0.05) is 11.3 Å². The minimum Gasteiger partial charge on any atom is -0.493 e. The number of hydrogen-bond donors (Lipinski definition) is 1. The summed E-state index contributed by atoms with van der Waals surface area (Å²) in [4.78, 5) is 12.4. The molecule has 1 saturated carbocycles. The third kappa shape index (κ3) is 3.94. The molecule has 1 aromatic rings. The van der Waals surface area contributed by atoms with E-state index in [-0.39, 0.29) is 5.91 Å². The molecular formula is C17H24N2O4. The summed E-state index contributed by atoms with van der Waals surface area (Å²) in [5, 5.41) is 4.30. The fourth-order valence-electron chi connectivity index (χ4n) is 2.74. The van der Waals surface area contributed by atoms with Crippen LogP contribution in [0, 0.1) is 5.92 Å². The molecule has 23 heavy (non-hydrogen) atoms. The molecule has 0 saturated heterocycles. The summed E-state index contributed by atoms with van der Waals surface area (Å²) in [6.45, 7) is 2.14. The van der Waals surface area contributed by atoms with Crippen molar-refractivity contribution < 1.29 is 19.0 Å². The van der Waals surface area contributed by atoms with Gasteiger partial charge in [0.1, 0.15) is 0 Å². The third-order valence-electron chi connectivity index (χ3n) is 4.12. The van der Waals surface area contributed by atoms with Crippen LogP contribution in [0.3, 0.4) is 0 Å². The van der Waals surface area contributed by atoms with Gasteiger partial charge in [-0.05, 0) is 37.3 Å². The molecule has 1 atom stereocenters. The summed E-state index contributed by atoms with van der Waals surface area (Å²) < 4.78 is 15.8. The van der Waals surface area contributed by atoms with Crippen LogP contribution in [0.15, 0.2) is 17.2 Å². The van der Waals surface area contributed by atoms with Crippen molar-refractivity contribution in [1.29, 1.82) is 0 Å². The Balaban J connectivity index is 2.20. The van der Waals surface area contributed by atoms with Crippen LogP contribution in [0.1, 0.15) is 43.0 Å². The normalized spacial score (nSPS) is 19.3. The van der Waals surface area contributed by atoms with E-state index in [0.717, 1.165) is 25.0 Å². The number of ether oxygens (including phenoxy) is 3. The average molecular weight is 320 g/mol. The summed E-state index contributed by atoms with van der Waals surface area (Å²) >= 11 is 0. The van der Waals surface area contributed by atoms with Gasteiger partial charge in [-0.2, -0.15) is 5.10 Å².